The van der Waals surface area contributed by atoms with E-state index in [1.807, 2.05) is 104 Å². The zero-order chi connectivity index (χ0) is 82.2. The summed E-state index contributed by atoms with van der Waals surface area (Å²) in [7, 11) is 9.29. The van der Waals surface area contributed by atoms with Gasteiger partial charge < -0.3 is 23.3 Å². The van der Waals surface area contributed by atoms with Crippen LogP contribution in [0.5, 0.6) is 0 Å². The summed E-state index contributed by atoms with van der Waals surface area (Å²) < 4.78 is 20.1. The number of amides is 1. The molecule has 0 bridgehead atoms. The Labute approximate surface area is 708 Å². The Bertz CT molecular complexity index is 6470. The van der Waals surface area contributed by atoms with Crippen LogP contribution in [-0.2, 0) is 41.9 Å². The summed E-state index contributed by atoms with van der Waals surface area (Å²) in [6.45, 7) is 8.71. The zero-order valence-electron chi connectivity index (χ0n) is 67.3. The van der Waals surface area contributed by atoms with Crippen molar-refractivity contribution in [1.82, 2.24) is 62.0 Å². The molecule has 0 radical (unpaired) electrons. The molecule has 8 aromatic heterocycles. The first kappa shape index (κ1) is 84.3. The zero-order valence-corrected chi connectivity index (χ0v) is 71.0. The van der Waals surface area contributed by atoms with E-state index in [0.717, 1.165) is 81.8 Å². The van der Waals surface area contributed by atoms with Gasteiger partial charge in [-0.2, -0.15) is 5.10 Å². The first-order valence-electron chi connectivity index (χ1n) is 38.4. The minimum Gasteiger partial charge on any atom is -0.466 e. The van der Waals surface area contributed by atoms with Gasteiger partial charge in [-0.25, -0.2) is 19.9 Å². The number of Topliss-reactive ketones (excluding diaryl/α,β-unsaturated/α-hetero) is 1. The SMILES string of the molecule is BrC1=CN=CC1.C.C1=NC(n2c3ccccc3c3ccccc32)=CC1.CC(=O)N(C)C.CC(=O)c1nc(-n2c3ccccc3c3ccccc32)cn1C.CCOC(C)=O.CI.Cc1cc(-c2nc(-n3c4ccccc4c4ccccc43)cn2C)n[nH]1.Cn1cnc(-n2c3ccccc3c3ccccc32)c1.c1ccc2c(c1)Cc1ccccc1-2. The maximum Gasteiger partial charge on any atom is 0.302 e. The molecule has 19 nitrogen and oxygen atoms in total. The molecule has 0 atom stereocenters. The molecule has 2 aliphatic heterocycles. The molecule has 1 N–H and O–H groups in total. The Hall–Kier alpha value is -13.1. The molecule has 1 aliphatic carbocycles. The van der Waals surface area contributed by atoms with Crippen molar-refractivity contribution in [3.8, 4) is 40.1 Å². The molecule has 118 heavy (non-hydrogen) atoms. The molecular weight excluding hydrogens is 1650 g/mol. The van der Waals surface area contributed by atoms with Crippen molar-refractivity contribution in [2.75, 3.05) is 25.6 Å². The van der Waals surface area contributed by atoms with Crippen molar-refractivity contribution < 1.29 is 19.1 Å². The van der Waals surface area contributed by atoms with E-state index in [4.69, 9.17) is 4.98 Å². The smallest absolute Gasteiger partial charge is 0.302 e. The van der Waals surface area contributed by atoms with Crippen LogP contribution in [0.15, 0.2) is 300 Å². The molecule has 0 spiro atoms. The summed E-state index contributed by atoms with van der Waals surface area (Å²) in [5, 5.41) is 17.3. The number of aryl methyl sites for hydroxylation is 4. The monoisotopic (exact) mass is 1740 g/mol. The third-order valence-electron chi connectivity index (χ3n) is 19.8. The van der Waals surface area contributed by atoms with E-state index >= 15 is 0 Å². The van der Waals surface area contributed by atoms with Crippen LogP contribution in [-0.4, -0.2) is 118 Å². The molecule has 3 aliphatic rings. The number of rotatable bonds is 7. The predicted octanol–water partition coefficient (Wildman–Crippen LogP) is 22.8. The van der Waals surface area contributed by atoms with Crippen LogP contribution in [0, 0.1) is 6.92 Å². The molecule has 0 saturated carbocycles. The topological polar surface area (TPSA) is 190 Å². The summed E-state index contributed by atoms with van der Waals surface area (Å²) in [5.41, 5.74) is 17.0. The number of para-hydroxylation sites is 8. The van der Waals surface area contributed by atoms with Gasteiger partial charge in [-0.15, -0.1) is 0 Å². The van der Waals surface area contributed by atoms with Crippen LogP contribution < -0.4 is 0 Å². The molecular formula is C97H95BrIN15O4. The molecule has 21 heteroatoms. The largest absolute Gasteiger partial charge is 0.466 e. The first-order valence-corrected chi connectivity index (χ1v) is 41.4. The van der Waals surface area contributed by atoms with Gasteiger partial charge in [-0.05, 0) is 108 Å². The average molecular weight is 1740 g/mol. The highest BCUT2D eigenvalue weighted by Gasteiger charge is 2.21. The number of aromatic nitrogens is 12. The quantitative estimate of drug-likeness (QED) is 0.0705. The summed E-state index contributed by atoms with van der Waals surface area (Å²) in [6, 6.07) is 86.6. The first-order chi connectivity index (χ1) is 56.9. The number of benzene rings is 10. The van der Waals surface area contributed by atoms with E-state index in [2.05, 4.69) is 322 Å². The fourth-order valence-corrected chi connectivity index (χ4v) is 14.8. The highest BCUT2D eigenvalue weighted by Crippen LogP contribution is 2.38. The molecule has 0 fully saturated rings. The molecule has 21 rings (SSSR count). The van der Waals surface area contributed by atoms with Crippen LogP contribution in [0.1, 0.15) is 75.4 Å². The molecule has 0 unspecified atom stereocenters. The van der Waals surface area contributed by atoms with Crippen LogP contribution >= 0.6 is 38.5 Å². The number of carbonyl (C=O) groups excluding carboxylic acids is 3. The predicted molar refractivity (Wildman–Crippen MR) is 500 cm³/mol. The summed E-state index contributed by atoms with van der Waals surface area (Å²) >= 11 is 5.42. The van der Waals surface area contributed by atoms with E-state index in [0.29, 0.717) is 12.4 Å². The number of aliphatic imine (C=N–C) groups is 2. The van der Waals surface area contributed by atoms with Crippen molar-refractivity contribution >= 4 is 162 Å². The number of alkyl halides is 1. The third-order valence-corrected chi connectivity index (χ3v) is 20.4. The standard InChI is InChI=1S/C20H17N5.C18H15N3O.C16H13N3.C16H12N2.C13H10.C4H4BrN.C4H9NO.C4H8O2.CH3I.CH4/c1-13-11-16(23-22-13)20-21-19(12-24(20)2)25-17-9-5-3-7-14(17)15-8-4-6-10-18(15)25;1-12(22)18-19-17(11-20(18)2)21-15-9-5-3-7-13(15)14-8-4-6-10-16(14)21;1-18-10-16(17-11-18)19-14-8-4-2-6-12(14)13-7-3-5-9-15(13)19;1-3-8-14-12(6-1)13-7-2-4-9-15(13)18(14)16-10-5-11-17-16;1-3-7-12-10(5-1)9-11-6-2-4-8-13(11)12;5-4-1-2-6-3-4;1-4(6)5(2)3;1-3-6-4(2)5;1-2;/h3-12H,1-2H3,(H,22,23);3-11H,1-2H3;2-11H,1H3;1-4,6-11H,5H2;1-8H,9H2;2-3H,1H2;1-3H3;3H2,1-2H3;1H3;1H4. The van der Waals surface area contributed by atoms with Crippen LogP contribution in [0.4, 0.5) is 0 Å². The maximum atomic E-state index is 11.7. The van der Waals surface area contributed by atoms with Crippen molar-refractivity contribution in [1.29, 1.82) is 0 Å². The van der Waals surface area contributed by atoms with E-state index in [1.54, 1.807) is 31.8 Å². The Morgan fingerprint density at radius 2 is 0.890 bits per heavy atom. The number of nitrogens with one attached hydrogen (secondary N) is 1. The van der Waals surface area contributed by atoms with Crippen molar-refractivity contribution in [3.05, 3.63) is 313 Å². The van der Waals surface area contributed by atoms with Crippen LogP contribution in [0.3, 0.4) is 0 Å². The molecule has 596 valence electrons. The average Bonchev–Trinajstić information content (AvgIpc) is 1.60. The number of ether oxygens (including phenoxy) is 1. The Kier molecular flexibility index (Phi) is 27.9. The van der Waals surface area contributed by atoms with Gasteiger partial charge in [0, 0.05) is 159 Å². The lowest BCUT2D eigenvalue weighted by Crippen LogP contribution is -2.17. The van der Waals surface area contributed by atoms with Gasteiger partial charge in [0.2, 0.25) is 5.91 Å². The number of esters is 1. The van der Waals surface area contributed by atoms with Gasteiger partial charge >= 0.3 is 5.97 Å². The number of imidazole rings is 3. The van der Waals surface area contributed by atoms with Crippen LogP contribution in [0.2, 0.25) is 0 Å². The molecule has 10 aromatic carbocycles. The van der Waals surface area contributed by atoms with Gasteiger partial charge in [0.05, 0.1) is 57.1 Å². The fourth-order valence-electron chi connectivity index (χ4n) is 14.5. The minimum absolute atomic E-state index is 0. The number of fused-ring (bicyclic) bond motifs is 15. The second-order valence-corrected chi connectivity index (χ2v) is 29.0. The van der Waals surface area contributed by atoms with Gasteiger partial charge in [-0.1, -0.05) is 240 Å². The summed E-state index contributed by atoms with van der Waals surface area (Å²) in [5.74, 6) is 4.83. The lowest BCUT2D eigenvalue weighted by Gasteiger charge is -2.05. The Morgan fingerprint density at radius 3 is 1.19 bits per heavy atom. The highest BCUT2D eigenvalue weighted by atomic mass is 127. The van der Waals surface area contributed by atoms with E-state index in [-0.39, 0.29) is 25.1 Å². The second-order valence-electron chi connectivity index (χ2n) is 28.0. The van der Waals surface area contributed by atoms with Crippen LogP contribution in [0.25, 0.3) is 133 Å². The lowest BCUT2D eigenvalue weighted by atomic mass is 10.1. The number of ketones is 1. The number of allylic oxidation sites excluding steroid dienone is 2. The van der Waals surface area contributed by atoms with E-state index < -0.39 is 0 Å². The number of aromatic amines is 1. The van der Waals surface area contributed by atoms with E-state index in [9.17, 15) is 14.4 Å². The third kappa shape index (κ3) is 18.6. The summed E-state index contributed by atoms with van der Waals surface area (Å²) in [4.78, 5) is 57.3. The molecule has 18 aromatic rings. The van der Waals surface area contributed by atoms with Gasteiger partial charge in [0.25, 0.3) is 0 Å². The molecule has 0 saturated heterocycles. The number of H-pyrrole nitrogens is 1. The second kappa shape index (κ2) is 39.0. The molecule has 1 amide bonds. The van der Waals surface area contributed by atoms with E-state index in [1.165, 1.54) is 118 Å². The number of nitrogens with zero attached hydrogens (tertiary/aromatic N) is 14. The van der Waals surface area contributed by atoms with Gasteiger partial charge in [0.1, 0.15) is 11.5 Å². The van der Waals surface area contributed by atoms with Crippen molar-refractivity contribution in [2.45, 2.75) is 61.3 Å². The van der Waals surface area contributed by atoms with Crippen molar-refractivity contribution in [3.63, 3.8) is 0 Å². The molecule has 10 heterocycles. The Morgan fingerprint density at radius 1 is 0.508 bits per heavy atom. The minimum atomic E-state index is -0.211. The van der Waals surface area contributed by atoms with Gasteiger partial charge in [0.15, 0.2) is 34.9 Å². The number of hydrogen-bond donors (Lipinski definition) is 1. The Balaban J connectivity index is 0.000000129. The maximum absolute atomic E-state index is 11.7. The summed E-state index contributed by atoms with van der Waals surface area (Å²) in [6.07, 6.45) is 18.6. The highest BCUT2D eigenvalue weighted by molar-refractivity contribution is 14.1. The van der Waals surface area contributed by atoms with Crippen molar-refractivity contribution in [2.24, 2.45) is 31.1 Å². The number of halogens is 2. The normalized spacial score (nSPS) is 11.8. The lowest BCUT2D eigenvalue weighted by molar-refractivity contribution is -0.140. The number of carbonyl (C=O) groups is 3. The van der Waals surface area contributed by atoms with Gasteiger partial charge in [-0.3, -0.25) is 42.7 Å². The number of hydrogen-bond acceptors (Lipinski definition) is 10. The fraction of sp³-hybridized carbons (Fsp3) is 0.165.